The highest BCUT2D eigenvalue weighted by molar-refractivity contribution is 6.33. The van der Waals surface area contributed by atoms with Gasteiger partial charge in [0.05, 0.1) is 16.7 Å². The van der Waals surface area contributed by atoms with Crippen molar-refractivity contribution in [2.45, 2.75) is 6.42 Å². The van der Waals surface area contributed by atoms with Crippen LogP contribution in [0.3, 0.4) is 0 Å². The first-order valence-corrected chi connectivity index (χ1v) is 2.60. The molecule has 0 spiro atoms. The number of nitrogens with zero attached hydrogens (tertiary/aromatic N) is 1. The molecule has 0 saturated carbocycles. The van der Waals surface area contributed by atoms with Crippen LogP contribution in [-0.4, -0.2) is 0 Å². The number of rotatable bonds is 0. The molecule has 0 aromatic rings. The molecule has 1 aliphatic rings. The Labute approximate surface area is 52.9 Å². The maximum absolute atomic E-state index is 8.24. The van der Waals surface area contributed by atoms with Crippen LogP contribution in [0.2, 0.25) is 0 Å². The van der Waals surface area contributed by atoms with Crippen LogP contribution in [0.25, 0.3) is 0 Å². The molecule has 2 heteroatoms. The zero-order valence-electron chi connectivity index (χ0n) is 4.24. The van der Waals surface area contributed by atoms with Gasteiger partial charge in [0, 0.05) is 6.42 Å². The van der Waals surface area contributed by atoms with Crippen LogP contribution in [0, 0.1) is 11.3 Å². The molecule has 0 aliphatic heterocycles. The summed E-state index contributed by atoms with van der Waals surface area (Å²) in [7, 11) is 0. The van der Waals surface area contributed by atoms with E-state index in [1.807, 2.05) is 6.07 Å². The second kappa shape index (κ2) is 1.65. The lowest BCUT2D eigenvalue weighted by atomic mass is 9.95. The van der Waals surface area contributed by atoms with Crippen molar-refractivity contribution in [3.63, 3.8) is 0 Å². The first kappa shape index (κ1) is 5.40. The van der Waals surface area contributed by atoms with Crippen molar-refractivity contribution in [3.8, 4) is 6.07 Å². The largest absolute Gasteiger partial charge is 0.193 e. The third-order valence-corrected chi connectivity index (χ3v) is 1.60. The molecule has 0 aromatic heterocycles. The fraction of sp³-hybridized carbons (Fsp3) is 0.167. The molecule has 0 heterocycles. The van der Waals surface area contributed by atoms with Gasteiger partial charge in [-0.25, -0.2) is 0 Å². The summed E-state index contributed by atoms with van der Waals surface area (Å²) in [6.45, 7) is 3.60. The summed E-state index contributed by atoms with van der Waals surface area (Å²) in [5.41, 5.74) is 1.54. The van der Waals surface area contributed by atoms with Gasteiger partial charge in [0.25, 0.3) is 0 Å². The van der Waals surface area contributed by atoms with Gasteiger partial charge in [0.15, 0.2) is 0 Å². The Hall–Kier alpha value is -0.740. The molecule has 0 amide bonds. The minimum Gasteiger partial charge on any atom is -0.193 e. The molecule has 1 rings (SSSR count). The van der Waals surface area contributed by atoms with Crippen molar-refractivity contribution in [3.05, 3.63) is 22.8 Å². The van der Waals surface area contributed by atoms with Gasteiger partial charge in [-0.05, 0) is 5.57 Å². The van der Waals surface area contributed by atoms with E-state index in [-0.39, 0.29) is 0 Å². The number of hydrogen-bond donors (Lipinski definition) is 0. The van der Waals surface area contributed by atoms with Gasteiger partial charge in [0.1, 0.15) is 0 Å². The summed E-state index contributed by atoms with van der Waals surface area (Å²) in [5.74, 6) is 0. The highest BCUT2D eigenvalue weighted by Crippen LogP contribution is 2.34. The van der Waals surface area contributed by atoms with Gasteiger partial charge >= 0.3 is 0 Å². The van der Waals surface area contributed by atoms with E-state index < -0.39 is 0 Å². The van der Waals surface area contributed by atoms with E-state index in [0.717, 1.165) is 5.57 Å². The third kappa shape index (κ3) is 0.543. The molecule has 0 radical (unpaired) electrons. The number of nitriles is 1. The molecule has 0 fully saturated rings. The summed E-state index contributed by atoms with van der Waals surface area (Å²) in [6, 6.07) is 1.97. The van der Waals surface area contributed by atoms with Crippen molar-refractivity contribution in [2.24, 2.45) is 0 Å². The van der Waals surface area contributed by atoms with Crippen molar-refractivity contribution in [1.82, 2.24) is 0 Å². The van der Waals surface area contributed by atoms with Crippen molar-refractivity contribution >= 4 is 11.6 Å². The molecule has 0 saturated heterocycles. The predicted octanol–water partition coefficient (Wildman–Crippen LogP) is 1.96. The topological polar surface area (TPSA) is 23.8 Å². The molecular weight excluding hydrogens is 122 g/mol. The van der Waals surface area contributed by atoms with Gasteiger partial charge in [-0.2, -0.15) is 5.26 Å². The monoisotopic (exact) mass is 125 g/mol. The highest BCUT2D eigenvalue weighted by Gasteiger charge is 2.18. The average molecular weight is 126 g/mol. The first-order valence-electron chi connectivity index (χ1n) is 2.22. The molecule has 1 nitrogen and oxygen atoms in total. The molecular formula is C6H4ClN. The Kier molecular flexibility index (Phi) is 1.11. The average Bonchev–Trinajstić information content (AvgIpc) is 1.81. The predicted molar refractivity (Wildman–Crippen MR) is 32.2 cm³/mol. The van der Waals surface area contributed by atoms with Crippen molar-refractivity contribution in [2.75, 3.05) is 0 Å². The lowest BCUT2D eigenvalue weighted by Crippen LogP contribution is -1.99. The molecule has 8 heavy (non-hydrogen) atoms. The Morgan fingerprint density at radius 3 is 2.50 bits per heavy atom. The van der Waals surface area contributed by atoms with E-state index >= 15 is 0 Å². The third-order valence-electron chi connectivity index (χ3n) is 1.10. The van der Waals surface area contributed by atoms with E-state index in [1.165, 1.54) is 0 Å². The summed E-state index contributed by atoms with van der Waals surface area (Å²) in [6.07, 6.45) is 0.676. The maximum Gasteiger partial charge on any atom is 0.0966 e. The SMILES string of the molecule is C=C1CC(C#N)=C1Cl. The van der Waals surface area contributed by atoms with Gasteiger partial charge < -0.3 is 0 Å². The molecule has 0 bridgehead atoms. The van der Waals surface area contributed by atoms with Gasteiger partial charge in [-0.1, -0.05) is 18.2 Å². The second-order valence-electron chi connectivity index (χ2n) is 1.68. The molecule has 40 valence electrons. The van der Waals surface area contributed by atoms with Crippen molar-refractivity contribution < 1.29 is 0 Å². The number of halogens is 1. The Balaban J connectivity index is 2.92. The first-order chi connectivity index (χ1) is 3.75. The maximum atomic E-state index is 8.24. The van der Waals surface area contributed by atoms with E-state index in [4.69, 9.17) is 16.9 Å². The zero-order valence-corrected chi connectivity index (χ0v) is 5.00. The lowest BCUT2D eigenvalue weighted by Gasteiger charge is -2.14. The normalized spacial score (nSPS) is 17.8. The quantitative estimate of drug-likeness (QED) is 0.486. The summed E-state index contributed by atoms with van der Waals surface area (Å²) >= 11 is 5.52. The number of hydrogen-bond acceptors (Lipinski definition) is 1. The second-order valence-corrected chi connectivity index (χ2v) is 2.06. The lowest BCUT2D eigenvalue weighted by molar-refractivity contribution is 1.10. The van der Waals surface area contributed by atoms with E-state index in [9.17, 15) is 0 Å². The molecule has 0 N–H and O–H groups in total. The summed E-state index contributed by atoms with van der Waals surface area (Å²) in [5, 5.41) is 8.80. The standard InChI is InChI=1S/C6H4ClN/c1-4-2-5(3-8)6(4)7/h1-2H2. The van der Waals surface area contributed by atoms with Crippen molar-refractivity contribution in [1.29, 1.82) is 5.26 Å². The van der Waals surface area contributed by atoms with Crippen LogP contribution in [-0.2, 0) is 0 Å². The fourth-order valence-electron chi connectivity index (χ4n) is 0.564. The van der Waals surface area contributed by atoms with E-state index in [1.54, 1.807) is 0 Å². The Morgan fingerprint density at radius 1 is 1.75 bits per heavy atom. The van der Waals surface area contributed by atoms with Crippen LogP contribution in [0.5, 0.6) is 0 Å². The van der Waals surface area contributed by atoms with E-state index in [2.05, 4.69) is 6.58 Å². The fourth-order valence-corrected chi connectivity index (χ4v) is 0.740. The van der Waals surface area contributed by atoms with Crippen LogP contribution in [0.15, 0.2) is 22.8 Å². The molecule has 0 atom stereocenters. The minimum absolute atomic E-state index is 0.563. The minimum atomic E-state index is 0.563. The van der Waals surface area contributed by atoms with Crippen LogP contribution < -0.4 is 0 Å². The molecule has 0 aromatic carbocycles. The van der Waals surface area contributed by atoms with Gasteiger partial charge in [-0.15, -0.1) is 0 Å². The summed E-state index contributed by atoms with van der Waals surface area (Å²) < 4.78 is 0. The highest BCUT2D eigenvalue weighted by atomic mass is 35.5. The van der Waals surface area contributed by atoms with Crippen LogP contribution in [0.4, 0.5) is 0 Å². The smallest absolute Gasteiger partial charge is 0.0966 e. The Morgan fingerprint density at radius 2 is 2.38 bits per heavy atom. The van der Waals surface area contributed by atoms with Gasteiger partial charge in [0.2, 0.25) is 0 Å². The summed E-state index contributed by atoms with van der Waals surface area (Å²) in [4.78, 5) is 0. The molecule has 0 unspecified atom stereocenters. The van der Waals surface area contributed by atoms with E-state index in [0.29, 0.717) is 17.0 Å². The van der Waals surface area contributed by atoms with Crippen LogP contribution >= 0.6 is 11.6 Å². The molecule has 1 aliphatic carbocycles. The Bertz CT molecular complexity index is 207. The van der Waals surface area contributed by atoms with Crippen LogP contribution in [0.1, 0.15) is 6.42 Å². The van der Waals surface area contributed by atoms with Gasteiger partial charge in [-0.3, -0.25) is 0 Å². The number of allylic oxidation sites excluding steroid dienone is 3. The zero-order chi connectivity index (χ0) is 6.15.